The van der Waals surface area contributed by atoms with Crippen LogP contribution in [-0.4, -0.2) is 76.4 Å². The molecule has 0 aromatic heterocycles. The highest BCUT2D eigenvalue weighted by atomic mass is 19.1. The summed E-state index contributed by atoms with van der Waals surface area (Å²) in [6, 6.07) is 4.13. The summed E-state index contributed by atoms with van der Waals surface area (Å²) in [6.07, 6.45) is 3.11. The monoisotopic (exact) mass is 423 g/mol. The van der Waals surface area contributed by atoms with Crippen molar-refractivity contribution in [2.45, 2.75) is 32.2 Å². The number of nitrogens with one attached hydrogen (secondary N) is 2. The topological polar surface area (TPSA) is 52.1 Å². The van der Waals surface area contributed by atoms with Gasteiger partial charge in [-0.25, -0.2) is 8.78 Å². The van der Waals surface area contributed by atoms with Gasteiger partial charge in [-0.05, 0) is 57.3 Å². The number of anilines is 1. The second-order valence-electron chi connectivity index (χ2n) is 8.14. The summed E-state index contributed by atoms with van der Waals surface area (Å²) >= 11 is 0. The third kappa shape index (κ3) is 6.28. The summed E-state index contributed by atoms with van der Waals surface area (Å²) in [4.78, 5) is 9.03. The molecule has 1 aromatic rings. The molecule has 2 fully saturated rings. The molecule has 2 saturated heterocycles. The van der Waals surface area contributed by atoms with Crippen LogP contribution in [0.25, 0.3) is 0 Å². The van der Waals surface area contributed by atoms with Gasteiger partial charge in [-0.1, -0.05) is 6.07 Å². The molecule has 2 aliphatic heterocycles. The summed E-state index contributed by atoms with van der Waals surface area (Å²) in [5.41, 5.74) is 0.0731. The Morgan fingerprint density at radius 1 is 1.17 bits per heavy atom. The Labute approximate surface area is 178 Å². The number of aliphatic imine (C=N–C) groups is 1. The number of rotatable bonds is 8. The zero-order valence-electron chi connectivity index (χ0n) is 18.2. The first-order valence-electron chi connectivity index (χ1n) is 11.1. The minimum Gasteiger partial charge on any atom is -0.383 e. The van der Waals surface area contributed by atoms with Gasteiger partial charge in [0.2, 0.25) is 0 Å². The van der Waals surface area contributed by atoms with Crippen molar-refractivity contribution in [3.63, 3.8) is 0 Å². The Kier molecular flexibility index (Phi) is 8.69. The van der Waals surface area contributed by atoms with E-state index in [0.29, 0.717) is 19.0 Å². The Hall–Kier alpha value is -1.93. The standard InChI is InChI=1S/C22H35F2N5O/c1-3-25-22(26-15-17-7-10-28(11-8-17)13-14-30-2)27-18-9-12-29(16-18)21-19(23)5-4-6-20(21)24/h4-6,17-18H,3,7-16H2,1-2H3,(H2,25,26,27). The number of likely N-dealkylation sites (tertiary alicyclic amines) is 1. The van der Waals surface area contributed by atoms with Gasteiger partial charge in [0.05, 0.1) is 6.61 Å². The Bertz CT molecular complexity index is 674. The van der Waals surface area contributed by atoms with Crippen LogP contribution in [0.5, 0.6) is 0 Å². The Morgan fingerprint density at radius 3 is 2.57 bits per heavy atom. The number of piperidine rings is 1. The fourth-order valence-electron chi connectivity index (χ4n) is 4.22. The number of hydrogen-bond donors (Lipinski definition) is 2. The SMILES string of the molecule is CCNC(=NCC1CCN(CCOC)CC1)NC1CCN(c2c(F)cccc2F)C1. The van der Waals surface area contributed by atoms with E-state index >= 15 is 0 Å². The van der Waals surface area contributed by atoms with Gasteiger partial charge in [-0.3, -0.25) is 4.99 Å². The first kappa shape index (κ1) is 22.7. The average molecular weight is 424 g/mol. The van der Waals surface area contributed by atoms with Gasteiger partial charge in [0.25, 0.3) is 0 Å². The van der Waals surface area contributed by atoms with Crippen LogP contribution in [0.4, 0.5) is 14.5 Å². The van der Waals surface area contributed by atoms with Crippen molar-refractivity contribution in [2.24, 2.45) is 10.9 Å². The minimum absolute atomic E-state index is 0.0731. The van der Waals surface area contributed by atoms with Crippen molar-refractivity contribution in [3.05, 3.63) is 29.8 Å². The predicted octanol–water partition coefficient (Wildman–Crippen LogP) is 2.46. The van der Waals surface area contributed by atoms with Crippen molar-refractivity contribution in [1.82, 2.24) is 15.5 Å². The molecule has 0 saturated carbocycles. The van der Waals surface area contributed by atoms with Crippen LogP contribution in [0, 0.1) is 17.6 Å². The third-order valence-corrected chi connectivity index (χ3v) is 5.95. The maximum atomic E-state index is 14.1. The highest BCUT2D eigenvalue weighted by molar-refractivity contribution is 5.80. The maximum absolute atomic E-state index is 14.1. The molecule has 0 radical (unpaired) electrons. The lowest BCUT2D eigenvalue weighted by molar-refractivity contribution is 0.121. The van der Waals surface area contributed by atoms with Crippen molar-refractivity contribution in [1.29, 1.82) is 0 Å². The molecule has 30 heavy (non-hydrogen) atoms. The van der Waals surface area contributed by atoms with Crippen LogP contribution >= 0.6 is 0 Å². The number of nitrogens with zero attached hydrogens (tertiary/aromatic N) is 3. The van der Waals surface area contributed by atoms with E-state index < -0.39 is 11.6 Å². The van der Waals surface area contributed by atoms with Crippen molar-refractivity contribution < 1.29 is 13.5 Å². The smallest absolute Gasteiger partial charge is 0.191 e. The third-order valence-electron chi connectivity index (χ3n) is 5.95. The molecule has 2 N–H and O–H groups in total. The van der Waals surface area contributed by atoms with E-state index in [1.165, 1.54) is 18.2 Å². The molecule has 168 valence electrons. The first-order chi connectivity index (χ1) is 14.6. The molecule has 2 heterocycles. The van der Waals surface area contributed by atoms with Gasteiger partial charge in [0, 0.05) is 45.9 Å². The molecule has 1 aromatic carbocycles. The summed E-state index contributed by atoms with van der Waals surface area (Å²) in [5, 5.41) is 6.77. The van der Waals surface area contributed by atoms with Gasteiger partial charge in [-0.2, -0.15) is 0 Å². The number of para-hydroxylation sites is 1. The van der Waals surface area contributed by atoms with Crippen molar-refractivity contribution in [3.8, 4) is 0 Å². The van der Waals surface area contributed by atoms with E-state index in [1.54, 1.807) is 12.0 Å². The molecule has 1 unspecified atom stereocenters. The van der Waals surface area contributed by atoms with E-state index in [-0.39, 0.29) is 11.7 Å². The van der Waals surface area contributed by atoms with Crippen LogP contribution in [0.3, 0.4) is 0 Å². The lowest BCUT2D eigenvalue weighted by Gasteiger charge is -2.31. The van der Waals surface area contributed by atoms with Crippen LogP contribution < -0.4 is 15.5 Å². The molecule has 0 spiro atoms. The molecule has 1 atom stereocenters. The number of halogens is 2. The number of benzene rings is 1. The van der Waals surface area contributed by atoms with Crippen LogP contribution in [0.1, 0.15) is 26.2 Å². The zero-order chi connectivity index (χ0) is 21.3. The molecule has 8 heteroatoms. The van der Waals surface area contributed by atoms with Gasteiger partial charge >= 0.3 is 0 Å². The predicted molar refractivity (Wildman–Crippen MR) is 117 cm³/mol. The summed E-state index contributed by atoms with van der Waals surface area (Å²) in [5.74, 6) is 0.369. The number of hydrogen-bond acceptors (Lipinski definition) is 4. The summed E-state index contributed by atoms with van der Waals surface area (Å²) < 4.78 is 33.3. The lowest BCUT2D eigenvalue weighted by Crippen LogP contribution is -2.45. The van der Waals surface area contributed by atoms with Gasteiger partial charge < -0.3 is 25.2 Å². The van der Waals surface area contributed by atoms with Gasteiger partial charge in [0.15, 0.2) is 5.96 Å². The second kappa shape index (κ2) is 11.5. The zero-order valence-corrected chi connectivity index (χ0v) is 18.2. The number of methoxy groups -OCH3 is 1. The van der Waals surface area contributed by atoms with Crippen molar-refractivity contribution >= 4 is 11.6 Å². The lowest BCUT2D eigenvalue weighted by atomic mass is 9.97. The normalized spacial score (nSPS) is 21.3. The molecule has 0 amide bonds. The highest BCUT2D eigenvalue weighted by Gasteiger charge is 2.27. The van der Waals surface area contributed by atoms with Crippen LogP contribution in [0.2, 0.25) is 0 Å². The van der Waals surface area contributed by atoms with Crippen LogP contribution in [-0.2, 0) is 4.74 Å². The quantitative estimate of drug-likeness (QED) is 0.497. The summed E-state index contributed by atoms with van der Waals surface area (Å²) in [6.45, 7) is 8.77. The van der Waals surface area contributed by atoms with Gasteiger partial charge in [-0.15, -0.1) is 0 Å². The van der Waals surface area contributed by atoms with Crippen LogP contribution in [0.15, 0.2) is 23.2 Å². The Balaban J connectivity index is 1.50. The second-order valence-corrected chi connectivity index (χ2v) is 8.14. The molecule has 0 bridgehead atoms. The molecule has 0 aliphatic carbocycles. The summed E-state index contributed by atoms with van der Waals surface area (Å²) in [7, 11) is 1.74. The van der Waals surface area contributed by atoms with Gasteiger partial charge in [0.1, 0.15) is 17.3 Å². The fourth-order valence-corrected chi connectivity index (χ4v) is 4.22. The molecule has 2 aliphatic rings. The van der Waals surface area contributed by atoms with E-state index in [0.717, 1.165) is 64.6 Å². The average Bonchev–Trinajstić information content (AvgIpc) is 3.19. The molecular formula is C22H35F2N5O. The molecule has 6 nitrogen and oxygen atoms in total. The maximum Gasteiger partial charge on any atom is 0.191 e. The Morgan fingerprint density at radius 2 is 1.90 bits per heavy atom. The van der Waals surface area contributed by atoms with E-state index in [1.807, 2.05) is 6.92 Å². The largest absolute Gasteiger partial charge is 0.383 e. The van der Waals surface area contributed by atoms with E-state index in [4.69, 9.17) is 9.73 Å². The van der Waals surface area contributed by atoms with E-state index in [9.17, 15) is 8.78 Å². The number of guanidine groups is 1. The minimum atomic E-state index is -0.506. The highest BCUT2D eigenvalue weighted by Crippen LogP contribution is 2.26. The number of ether oxygens (including phenoxy) is 1. The molecule has 3 rings (SSSR count). The molecular weight excluding hydrogens is 388 g/mol. The van der Waals surface area contributed by atoms with Crippen molar-refractivity contribution in [2.75, 3.05) is 64.4 Å². The van der Waals surface area contributed by atoms with E-state index in [2.05, 4.69) is 15.5 Å². The first-order valence-corrected chi connectivity index (χ1v) is 11.1. The fraction of sp³-hybridized carbons (Fsp3) is 0.682.